The van der Waals surface area contributed by atoms with Gasteiger partial charge in [-0.2, -0.15) is 0 Å². The first-order valence-electron chi connectivity index (χ1n) is 5.86. The summed E-state index contributed by atoms with van der Waals surface area (Å²) in [6.07, 6.45) is 4.24. The Morgan fingerprint density at radius 1 is 1.29 bits per heavy atom. The maximum atomic E-state index is 9.87. The van der Waals surface area contributed by atoms with Gasteiger partial charge in [0.2, 0.25) is 0 Å². The van der Waals surface area contributed by atoms with Crippen LogP contribution < -0.4 is 5.73 Å². The Morgan fingerprint density at radius 3 is 2.76 bits per heavy atom. The molecule has 0 amide bonds. The van der Waals surface area contributed by atoms with E-state index in [2.05, 4.69) is 4.98 Å². The van der Waals surface area contributed by atoms with Crippen LogP contribution in [-0.2, 0) is 6.42 Å². The summed E-state index contributed by atoms with van der Waals surface area (Å²) in [6.45, 7) is 0. The van der Waals surface area contributed by atoms with Crippen molar-refractivity contribution < 1.29 is 5.11 Å². The van der Waals surface area contributed by atoms with Gasteiger partial charge in [0.15, 0.2) is 0 Å². The van der Waals surface area contributed by atoms with Crippen molar-refractivity contribution in [1.29, 1.82) is 0 Å². The molecular formula is C13H15N3O. The average molecular weight is 229 g/mol. The number of nitrogen functional groups attached to an aromatic ring is 1. The third-order valence-electron chi connectivity index (χ3n) is 3.20. The maximum absolute atomic E-state index is 9.87. The number of hydrogen-bond donors (Lipinski definition) is 2. The molecule has 1 unspecified atom stereocenters. The van der Waals surface area contributed by atoms with Crippen LogP contribution in [0, 0.1) is 0 Å². The van der Waals surface area contributed by atoms with E-state index in [0.717, 1.165) is 42.0 Å². The van der Waals surface area contributed by atoms with Crippen molar-refractivity contribution in [2.24, 2.45) is 0 Å². The predicted molar refractivity (Wildman–Crippen MR) is 66.3 cm³/mol. The molecule has 4 heteroatoms. The maximum Gasteiger partial charge on any atom is 0.131 e. The summed E-state index contributed by atoms with van der Waals surface area (Å²) in [5, 5.41) is 9.87. The zero-order chi connectivity index (χ0) is 11.8. The molecule has 4 nitrogen and oxygen atoms in total. The first-order valence-corrected chi connectivity index (χ1v) is 5.86. The number of benzene rings is 1. The molecule has 2 heterocycles. The van der Waals surface area contributed by atoms with Gasteiger partial charge < -0.3 is 15.4 Å². The highest BCUT2D eigenvalue weighted by molar-refractivity contribution is 5.61. The van der Waals surface area contributed by atoms with Gasteiger partial charge in [-0.05, 0) is 25.0 Å². The smallest absolute Gasteiger partial charge is 0.131 e. The van der Waals surface area contributed by atoms with Gasteiger partial charge in [-0.1, -0.05) is 12.1 Å². The number of imidazole rings is 1. The minimum atomic E-state index is -0.422. The lowest BCUT2D eigenvalue weighted by molar-refractivity contribution is 0.0781. The molecule has 1 aromatic heterocycles. The standard InChI is InChI=1S/C13H15N3O/c14-10-6-4-9(5-7-10)11-8-16-12(15-11)2-1-3-13(16)17/h4-8,13,17H,1-3,14H2. The molecule has 2 aromatic rings. The van der Waals surface area contributed by atoms with E-state index >= 15 is 0 Å². The third kappa shape index (κ3) is 1.80. The number of nitrogens with zero attached hydrogens (tertiary/aromatic N) is 2. The summed E-state index contributed by atoms with van der Waals surface area (Å²) in [5.41, 5.74) is 8.35. The number of anilines is 1. The number of nitrogens with two attached hydrogens (primary N) is 1. The van der Waals surface area contributed by atoms with E-state index in [-0.39, 0.29) is 0 Å². The van der Waals surface area contributed by atoms with E-state index in [1.165, 1.54) is 0 Å². The summed E-state index contributed by atoms with van der Waals surface area (Å²) in [4.78, 5) is 4.56. The van der Waals surface area contributed by atoms with E-state index in [1.54, 1.807) is 0 Å². The zero-order valence-corrected chi connectivity index (χ0v) is 9.50. The molecule has 0 bridgehead atoms. The molecule has 0 saturated heterocycles. The fourth-order valence-corrected chi connectivity index (χ4v) is 2.25. The summed E-state index contributed by atoms with van der Waals surface area (Å²) in [7, 11) is 0. The van der Waals surface area contributed by atoms with Gasteiger partial charge in [0.05, 0.1) is 5.69 Å². The first-order chi connectivity index (χ1) is 8.24. The molecule has 0 saturated carbocycles. The molecule has 0 aliphatic carbocycles. The van der Waals surface area contributed by atoms with Crippen molar-refractivity contribution in [3.8, 4) is 11.3 Å². The lowest BCUT2D eigenvalue weighted by Crippen LogP contribution is -2.16. The Morgan fingerprint density at radius 2 is 2.06 bits per heavy atom. The largest absolute Gasteiger partial charge is 0.399 e. The van der Waals surface area contributed by atoms with Crippen LogP contribution in [0.25, 0.3) is 11.3 Å². The topological polar surface area (TPSA) is 64.1 Å². The highest BCUT2D eigenvalue weighted by Gasteiger charge is 2.19. The van der Waals surface area contributed by atoms with Crippen molar-refractivity contribution in [2.75, 3.05) is 5.73 Å². The number of aryl methyl sites for hydroxylation is 1. The normalized spacial score (nSPS) is 19.0. The fourth-order valence-electron chi connectivity index (χ4n) is 2.25. The first kappa shape index (κ1) is 10.4. The average Bonchev–Trinajstić information content (AvgIpc) is 2.75. The lowest BCUT2D eigenvalue weighted by atomic mass is 10.1. The number of aromatic nitrogens is 2. The quantitative estimate of drug-likeness (QED) is 0.735. The number of fused-ring (bicyclic) bond motifs is 1. The van der Waals surface area contributed by atoms with Crippen LogP contribution in [0.5, 0.6) is 0 Å². The van der Waals surface area contributed by atoms with Crippen molar-refractivity contribution in [3.05, 3.63) is 36.3 Å². The van der Waals surface area contributed by atoms with Crippen LogP contribution in [0.1, 0.15) is 24.9 Å². The summed E-state index contributed by atoms with van der Waals surface area (Å²) >= 11 is 0. The number of aliphatic hydroxyl groups excluding tert-OH is 1. The summed E-state index contributed by atoms with van der Waals surface area (Å²) < 4.78 is 1.87. The molecule has 3 rings (SSSR count). The van der Waals surface area contributed by atoms with Crippen molar-refractivity contribution in [1.82, 2.24) is 9.55 Å². The van der Waals surface area contributed by atoms with Gasteiger partial charge in [0, 0.05) is 23.9 Å². The van der Waals surface area contributed by atoms with Gasteiger partial charge in [-0.15, -0.1) is 0 Å². The van der Waals surface area contributed by atoms with Gasteiger partial charge in [-0.25, -0.2) is 4.98 Å². The number of aliphatic hydroxyl groups is 1. The second-order valence-electron chi connectivity index (χ2n) is 4.44. The van der Waals surface area contributed by atoms with Crippen LogP contribution in [0.15, 0.2) is 30.5 Å². The van der Waals surface area contributed by atoms with E-state index in [9.17, 15) is 5.11 Å². The minimum Gasteiger partial charge on any atom is -0.399 e. The van der Waals surface area contributed by atoms with Crippen molar-refractivity contribution in [3.63, 3.8) is 0 Å². The van der Waals surface area contributed by atoms with Crippen molar-refractivity contribution in [2.45, 2.75) is 25.5 Å². The second kappa shape index (κ2) is 3.89. The molecule has 1 aliphatic rings. The van der Waals surface area contributed by atoms with E-state index < -0.39 is 6.23 Å². The Bertz CT molecular complexity index is 530. The van der Waals surface area contributed by atoms with E-state index in [1.807, 2.05) is 35.0 Å². The number of hydrogen-bond acceptors (Lipinski definition) is 3. The Balaban J connectivity index is 2.02. The zero-order valence-electron chi connectivity index (χ0n) is 9.50. The van der Waals surface area contributed by atoms with Crippen LogP contribution in [0.4, 0.5) is 5.69 Å². The SMILES string of the molecule is Nc1ccc(-c2cn3c(n2)CCCC3O)cc1. The highest BCUT2D eigenvalue weighted by atomic mass is 16.3. The van der Waals surface area contributed by atoms with Crippen LogP contribution in [0.2, 0.25) is 0 Å². The summed E-state index contributed by atoms with van der Waals surface area (Å²) in [6, 6.07) is 7.64. The van der Waals surface area contributed by atoms with E-state index in [4.69, 9.17) is 5.73 Å². The van der Waals surface area contributed by atoms with E-state index in [0.29, 0.717) is 0 Å². The van der Waals surface area contributed by atoms with Crippen molar-refractivity contribution >= 4 is 5.69 Å². The van der Waals surface area contributed by atoms with Gasteiger partial charge in [-0.3, -0.25) is 0 Å². The van der Waals surface area contributed by atoms with Gasteiger partial charge in [0.25, 0.3) is 0 Å². The van der Waals surface area contributed by atoms with Gasteiger partial charge in [0.1, 0.15) is 12.1 Å². The summed E-state index contributed by atoms with van der Waals surface area (Å²) in [5.74, 6) is 0.968. The molecule has 1 aliphatic heterocycles. The Labute approximate surface area is 99.7 Å². The fraction of sp³-hybridized carbons (Fsp3) is 0.308. The van der Waals surface area contributed by atoms with Crippen LogP contribution in [0.3, 0.4) is 0 Å². The molecule has 1 aromatic carbocycles. The van der Waals surface area contributed by atoms with Crippen LogP contribution in [-0.4, -0.2) is 14.7 Å². The molecule has 0 radical (unpaired) electrons. The molecule has 0 spiro atoms. The molecule has 17 heavy (non-hydrogen) atoms. The van der Waals surface area contributed by atoms with Crippen LogP contribution >= 0.6 is 0 Å². The molecule has 1 atom stereocenters. The monoisotopic (exact) mass is 229 g/mol. The molecule has 0 fully saturated rings. The number of rotatable bonds is 1. The third-order valence-corrected chi connectivity index (χ3v) is 3.20. The van der Waals surface area contributed by atoms with Gasteiger partial charge >= 0.3 is 0 Å². The second-order valence-corrected chi connectivity index (χ2v) is 4.44. The Hall–Kier alpha value is -1.81. The Kier molecular flexibility index (Phi) is 2.37. The minimum absolute atomic E-state index is 0.422. The lowest BCUT2D eigenvalue weighted by Gasteiger charge is -2.19. The highest BCUT2D eigenvalue weighted by Crippen LogP contribution is 2.27. The molecule has 3 N–H and O–H groups in total. The molecule has 88 valence electrons. The molecular weight excluding hydrogens is 214 g/mol. The predicted octanol–water partition coefficient (Wildman–Crippen LogP) is 1.96.